The van der Waals surface area contributed by atoms with Crippen molar-refractivity contribution in [2.45, 2.75) is 12.8 Å². The monoisotopic (exact) mass is 430 g/mol. The molecule has 4 heterocycles. The first-order valence-corrected chi connectivity index (χ1v) is 10.7. The van der Waals surface area contributed by atoms with Crippen molar-refractivity contribution in [2.75, 3.05) is 31.1 Å². The molecule has 8 heteroatoms. The van der Waals surface area contributed by atoms with Gasteiger partial charge in [-0.25, -0.2) is 14.4 Å². The number of pyridine rings is 1. The molecule has 1 aliphatic rings. The highest BCUT2D eigenvalue weighted by molar-refractivity contribution is 5.92. The Hall–Kier alpha value is -3.81. The summed E-state index contributed by atoms with van der Waals surface area (Å²) in [5.74, 6) is 0.743. The number of carbonyl (C=O) groups is 1. The number of aryl methyl sites for hydroxylation is 1. The van der Waals surface area contributed by atoms with E-state index in [1.165, 1.54) is 12.1 Å². The van der Waals surface area contributed by atoms with Crippen molar-refractivity contribution < 1.29 is 9.18 Å². The average Bonchev–Trinajstić information content (AvgIpc) is 3.29. The summed E-state index contributed by atoms with van der Waals surface area (Å²) in [6, 6.07) is 12.3. The average molecular weight is 430 g/mol. The number of nitrogens with zero attached hydrogens (tertiary/aromatic N) is 5. The third-order valence-electron chi connectivity index (χ3n) is 5.85. The van der Waals surface area contributed by atoms with E-state index in [9.17, 15) is 9.18 Å². The number of fused-ring (bicyclic) bond motifs is 1. The maximum Gasteiger partial charge on any atom is 0.223 e. The summed E-state index contributed by atoms with van der Waals surface area (Å²) in [6.45, 7) is 2.71. The third kappa shape index (κ3) is 4.16. The minimum atomic E-state index is -0.259. The summed E-state index contributed by atoms with van der Waals surface area (Å²) in [5.41, 5.74) is 3.70. The van der Waals surface area contributed by atoms with Gasteiger partial charge in [0.05, 0.1) is 5.39 Å². The maximum absolute atomic E-state index is 13.0. The highest BCUT2D eigenvalue weighted by Gasteiger charge is 2.23. The number of amides is 1. The Kier molecular flexibility index (Phi) is 5.49. The highest BCUT2D eigenvalue weighted by Crippen LogP contribution is 2.29. The molecule has 1 aromatic carbocycles. The van der Waals surface area contributed by atoms with Crippen LogP contribution in [-0.4, -0.2) is 56.9 Å². The molecule has 5 rings (SSSR count). The molecule has 0 radical (unpaired) electrons. The summed E-state index contributed by atoms with van der Waals surface area (Å²) >= 11 is 0. The smallest absolute Gasteiger partial charge is 0.223 e. The molecule has 162 valence electrons. The normalized spacial score (nSPS) is 14.2. The molecule has 0 spiro atoms. The first-order chi connectivity index (χ1) is 15.7. The van der Waals surface area contributed by atoms with E-state index in [1.807, 2.05) is 23.2 Å². The Morgan fingerprint density at radius 1 is 1.06 bits per heavy atom. The Labute approximate surface area is 184 Å². The van der Waals surface area contributed by atoms with Gasteiger partial charge in [-0.3, -0.25) is 9.78 Å². The number of anilines is 1. The van der Waals surface area contributed by atoms with E-state index in [0.29, 0.717) is 39.0 Å². The summed E-state index contributed by atoms with van der Waals surface area (Å²) in [4.78, 5) is 33.2. The van der Waals surface area contributed by atoms with Gasteiger partial charge in [0.1, 0.15) is 23.6 Å². The van der Waals surface area contributed by atoms with Crippen LogP contribution in [0, 0.1) is 5.82 Å². The van der Waals surface area contributed by atoms with Crippen molar-refractivity contribution >= 4 is 22.8 Å². The highest BCUT2D eigenvalue weighted by atomic mass is 19.1. The fourth-order valence-corrected chi connectivity index (χ4v) is 4.08. The van der Waals surface area contributed by atoms with Gasteiger partial charge in [-0.2, -0.15) is 0 Å². The van der Waals surface area contributed by atoms with Crippen LogP contribution >= 0.6 is 0 Å². The molecular weight excluding hydrogens is 407 g/mol. The van der Waals surface area contributed by atoms with Crippen LogP contribution in [-0.2, 0) is 11.2 Å². The summed E-state index contributed by atoms with van der Waals surface area (Å²) < 4.78 is 13.0. The zero-order valence-electron chi connectivity index (χ0n) is 17.5. The SMILES string of the molecule is O=C(CCc1ccc(F)cc1)N1CCN(c2ncnc3[nH]c(-c4cccnc4)cc23)CC1. The lowest BCUT2D eigenvalue weighted by atomic mass is 10.1. The second-order valence-electron chi connectivity index (χ2n) is 7.88. The number of piperazine rings is 1. The van der Waals surface area contributed by atoms with Crippen molar-refractivity contribution in [1.29, 1.82) is 0 Å². The summed E-state index contributed by atoms with van der Waals surface area (Å²) in [5, 5.41) is 0.961. The van der Waals surface area contributed by atoms with Crippen LogP contribution in [0.25, 0.3) is 22.3 Å². The lowest BCUT2D eigenvalue weighted by molar-refractivity contribution is -0.131. The van der Waals surface area contributed by atoms with Crippen molar-refractivity contribution in [2.24, 2.45) is 0 Å². The molecule has 1 fully saturated rings. The number of aromatic nitrogens is 4. The maximum atomic E-state index is 13.0. The zero-order valence-corrected chi connectivity index (χ0v) is 17.5. The second kappa shape index (κ2) is 8.74. The van der Waals surface area contributed by atoms with Gasteiger partial charge in [-0.1, -0.05) is 12.1 Å². The molecule has 0 bridgehead atoms. The number of rotatable bonds is 5. The molecule has 0 saturated carbocycles. The molecule has 1 saturated heterocycles. The van der Waals surface area contributed by atoms with Crippen molar-refractivity contribution in [3.05, 3.63) is 72.6 Å². The lowest BCUT2D eigenvalue weighted by Gasteiger charge is -2.35. The predicted octanol–water partition coefficient (Wildman–Crippen LogP) is 3.44. The number of hydrogen-bond donors (Lipinski definition) is 1. The summed E-state index contributed by atoms with van der Waals surface area (Å²) in [7, 11) is 0. The van der Waals surface area contributed by atoms with Crippen LogP contribution < -0.4 is 4.90 Å². The van der Waals surface area contributed by atoms with E-state index in [-0.39, 0.29) is 11.7 Å². The van der Waals surface area contributed by atoms with Crippen molar-refractivity contribution in [3.8, 4) is 11.3 Å². The fraction of sp³-hybridized carbons (Fsp3) is 0.250. The van der Waals surface area contributed by atoms with E-state index in [0.717, 1.165) is 33.7 Å². The van der Waals surface area contributed by atoms with Crippen molar-refractivity contribution in [1.82, 2.24) is 24.8 Å². The molecule has 1 amide bonds. The van der Waals surface area contributed by atoms with Gasteiger partial charge < -0.3 is 14.8 Å². The van der Waals surface area contributed by atoms with Crippen molar-refractivity contribution in [3.63, 3.8) is 0 Å². The minimum absolute atomic E-state index is 0.127. The Morgan fingerprint density at radius 2 is 1.88 bits per heavy atom. The number of carbonyl (C=O) groups excluding carboxylic acids is 1. The van der Waals surface area contributed by atoms with Gasteiger partial charge in [0, 0.05) is 56.3 Å². The number of H-pyrrole nitrogens is 1. The molecule has 3 aromatic heterocycles. The Balaban J connectivity index is 1.24. The Bertz CT molecular complexity index is 1220. The number of hydrogen-bond acceptors (Lipinski definition) is 5. The largest absolute Gasteiger partial charge is 0.352 e. The van der Waals surface area contributed by atoms with Gasteiger partial charge in [0.2, 0.25) is 5.91 Å². The first kappa shape index (κ1) is 20.1. The van der Waals surface area contributed by atoms with E-state index in [2.05, 4.69) is 30.9 Å². The topological polar surface area (TPSA) is 78.0 Å². The number of benzene rings is 1. The molecule has 1 N–H and O–H groups in total. The number of halogens is 1. The van der Waals surface area contributed by atoms with Gasteiger partial charge in [0.15, 0.2) is 0 Å². The van der Waals surface area contributed by atoms with Gasteiger partial charge in [-0.15, -0.1) is 0 Å². The van der Waals surface area contributed by atoms with Gasteiger partial charge in [0.25, 0.3) is 0 Å². The standard InChI is InChI=1S/C24H23FN6O/c25-19-6-3-17(4-7-19)5-8-22(32)30-10-12-31(13-11-30)24-20-14-21(18-2-1-9-26-15-18)29-23(20)27-16-28-24/h1-4,6-7,9,14-16H,5,8,10-13H2,(H,27,28,29). The summed E-state index contributed by atoms with van der Waals surface area (Å²) in [6.07, 6.45) is 6.18. The van der Waals surface area contributed by atoms with E-state index < -0.39 is 0 Å². The first-order valence-electron chi connectivity index (χ1n) is 10.7. The fourth-order valence-electron chi connectivity index (χ4n) is 4.08. The van der Waals surface area contributed by atoms with Crippen LogP contribution in [0.2, 0.25) is 0 Å². The van der Waals surface area contributed by atoms with Crippen LogP contribution in [0.4, 0.5) is 10.2 Å². The number of aromatic amines is 1. The van der Waals surface area contributed by atoms with E-state index in [4.69, 9.17) is 0 Å². The Morgan fingerprint density at radius 3 is 2.62 bits per heavy atom. The van der Waals surface area contributed by atoms with Crippen LogP contribution in [0.5, 0.6) is 0 Å². The van der Waals surface area contributed by atoms with E-state index in [1.54, 1.807) is 24.7 Å². The zero-order chi connectivity index (χ0) is 21.9. The molecule has 0 aliphatic carbocycles. The van der Waals surface area contributed by atoms with Crippen LogP contribution in [0.15, 0.2) is 61.2 Å². The third-order valence-corrected chi connectivity index (χ3v) is 5.85. The molecule has 4 aromatic rings. The molecule has 0 unspecified atom stereocenters. The molecule has 32 heavy (non-hydrogen) atoms. The van der Waals surface area contributed by atoms with Crippen LogP contribution in [0.1, 0.15) is 12.0 Å². The molecular formula is C24H23FN6O. The van der Waals surface area contributed by atoms with Gasteiger partial charge >= 0.3 is 0 Å². The predicted molar refractivity (Wildman–Crippen MR) is 121 cm³/mol. The molecule has 7 nitrogen and oxygen atoms in total. The lowest BCUT2D eigenvalue weighted by Crippen LogP contribution is -2.49. The number of nitrogens with one attached hydrogen (secondary N) is 1. The van der Waals surface area contributed by atoms with E-state index >= 15 is 0 Å². The van der Waals surface area contributed by atoms with Crippen LogP contribution in [0.3, 0.4) is 0 Å². The molecule has 0 atom stereocenters. The second-order valence-corrected chi connectivity index (χ2v) is 7.88. The molecule has 1 aliphatic heterocycles. The minimum Gasteiger partial charge on any atom is -0.352 e. The van der Waals surface area contributed by atoms with Gasteiger partial charge in [-0.05, 0) is 42.3 Å². The quantitative estimate of drug-likeness (QED) is 0.525.